The van der Waals surface area contributed by atoms with Crippen molar-refractivity contribution >= 4 is 11.6 Å². The summed E-state index contributed by atoms with van der Waals surface area (Å²) >= 11 is 6.08. The van der Waals surface area contributed by atoms with Gasteiger partial charge in [0.1, 0.15) is 23.1 Å². The zero-order chi connectivity index (χ0) is 19.3. The maximum Gasteiger partial charge on any atom is 0.325 e. The summed E-state index contributed by atoms with van der Waals surface area (Å²) in [5.74, 6) is -3.81. The average molecular weight is 395 g/mol. The van der Waals surface area contributed by atoms with E-state index in [-0.39, 0.29) is 27.9 Å². The van der Waals surface area contributed by atoms with Crippen LogP contribution in [0.15, 0.2) is 34.0 Å². The van der Waals surface area contributed by atoms with Gasteiger partial charge in [0, 0.05) is 23.9 Å². The third-order valence-corrected chi connectivity index (χ3v) is 4.77. The molecule has 0 radical (unpaired) electrons. The van der Waals surface area contributed by atoms with E-state index in [0.717, 1.165) is 0 Å². The van der Waals surface area contributed by atoms with E-state index in [1.165, 1.54) is 12.3 Å². The molecule has 2 N–H and O–H groups in total. The lowest BCUT2D eigenvalue weighted by Gasteiger charge is -2.07. The van der Waals surface area contributed by atoms with Gasteiger partial charge in [0.15, 0.2) is 5.15 Å². The summed E-state index contributed by atoms with van der Waals surface area (Å²) in [7, 11) is 0. The molecule has 0 spiro atoms. The molecule has 2 heterocycles. The second kappa shape index (κ2) is 6.34. The summed E-state index contributed by atoms with van der Waals surface area (Å²) in [5, 5.41) is 7.66. The molecule has 6 nitrogen and oxygen atoms in total. The van der Waals surface area contributed by atoms with Crippen LogP contribution in [0.25, 0.3) is 11.3 Å². The second-order valence-electron chi connectivity index (χ2n) is 6.19. The third-order valence-electron chi connectivity index (χ3n) is 4.48. The first-order valence-electron chi connectivity index (χ1n) is 7.85. The normalized spacial score (nSPS) is 18.5. The highest BCUT2D eigenvalue weighted by Gasteiger charge is 2.44. The fraction of sp³-hybridized carbons (Fsp3) is 0.176. The molecule has 27 heavy (non-hydrogen) atoms. The van der Waals surface area contributed by atoms with Crippen molar-refractivity contribution in [2.24, 2.45) is 0 Å². The molecule has 1 fully saturated rings. The Morgan fingerprint density at radius 1 is 1.04 bits per heavy atom. The summed E-state index contributed by atoms with van der Waals surface area (Å²) in [5.41, 5.74) is -0.869. The number of hydrogen-bond acceptors (Lipinski definition) is 4. The van der Waals surface area contributed by atoms with Crippen molar-refractivity contribution in [2.75, 3.05) is 0 Å². The molecule has 4 rings (SSSR count). The Hall–Kier alpha value is -2.94. The van der Waals surface area contributed by atoms with Gasteiger partial charge >= 0.3 is 5.69 Å². The Morgan fingerprint density at radius 2 is 1.74 bits per heavy atom. The van der Waals surface area contributed by atoms with Gasteiger partial charge in [-0.05, 0) is 29.9 Å². The first-order chi connectivity index (χ1) is 12.8. The van der Waals surface area contributed by atoms with Crippen molar-refractivity contribution in [3.8, 4) is 11.3 Å². The number of halogens is 4. The fourth-order valence-corrected chi connectivity index (χ4v) is 3.38. The standard InChI is InChI=1S/C17H10ClF3N4O2/c18-15-9(4-13(24-25-15)10-5-22-17(27)23-16(10)26)7-3-8(7)14-11(20)1-6(19)2-12(14)21/h1-2,4-5,7-8H,3H2,(H2,22,23,26,27). The molecular formula is C17H10ClF3N4O2. The molecule has 1 aliphatic carbocycles. The van der Waals surface area contributed by atoms with Gasteiger partial charge in [0.25, 0.3) is 5.56 Å². The van der Waals surface area contributed by atoms with Crippen LogP contribution >= 0.6 is 11.6 Å². The van der Waals surface area contributed by atoms with Gasteiger partial charge in [-0.15, -0.1) is 10.2 Å². The molecular weight excluding hydrogens is 385 g/mol. The van der Waals surface area contributed by atoms with Crippen LogP contribution in [0.1, 0.15) is 29.4 Å². The van der Waals surface area contributed by atoms with Gasteiger partial charge < -0.3 is 4.98 Å². The minimum Gasteiger partial charge on any atom is -0.313 e. The molecule has 2 atom stereocenters. The number of aromatic amines is 2. The maximum absolute atomic E-state index is 14.0. The Kier molecular flexibility index (Phi) is 4.11. The largest absolute Gasteiger partial charge is 0.325 e. The average Bonchev–Trinajstić information content (AvgIpc) is 3.35. The Labute approximate surface area is 154 Å². The molecule has 138 valence electrons. The Bertz CT molecular complexity index is 1150. The summed E-state index contributed by atoms with van der Waals surface area (Å²) in [6.45, 7) is 0. The number of rotatable bonds is 3. The smallest absolute Gasteiger partial charge is 0.313 e. The van der Waals surface area contributed by atoms with E-state index in [0.29, 0.717) is 24.1 Å². The second-order valence-corrected chi connectivity index (χ2v) is 6.55. The lowest BCUT2D eigenvalue weighted by molar-refractivity contribution is 0.523. The summed E-state index contributed by atoms with van der Waals surface area (Å²) in [6.07, 6.45) is 1.57. The molecule has 0 aliphatic heterocycles. The molecule has 0 amide bonds. The van der Waals surface area contributed by atoms with Gasteiger partial charge in [-0.2, -0.15) is 0 Å². The van der Waals surface area contributed by atoms with Crippen molar-refractivity contribution in [3.63, 3.8) is 0 Å². The van der Waals surface area contributed by atoms with Gasteiger partial charge in [0.2, 0.25) is 0 Å². The van der Waals surface area contributed by atoms with Crippen molar-refractivity contribution < 1.29 is 13.2 Å². The zero-order valence-corrected chi connectivity index (χ0v) is 14.1. The molecule has 3 aromatic rings. The highest BCUT2D eigenvalue weighted by atomic mass is 35.5. The van der Waals surface area contributed by atoms with Crippen LogP contribution in [0.4, 0.5) is 13.2 Å². The number of hydrogen-bond donors (Lipinski definition) is 2. The van der Waals surface area contributed by atoms with Gasteiger partial charge in [-0.1, -0.05) is 11.6 Å². The van der Waals surface area contributed by atoms with E-state index in [2.05, 4.69) is 20.2 Å². The number of aromatic nitrogens is 4. The van der Waals surface area contributed by atoms with Crippen LogP contribution in [-0.4, -0.2) is 20.2 Å². The first-order valence-corrected chi connectivity index (χ1v) is 8.23. The van der Waals surface area contributed by atoms with Gasteiger partial charge in [-0.3, -0.25) is 9.78 Å². The SMILES string of the molecule is O=c1[nH]cc(-c2cc(C3CC3c3c(F)cc(F)cc3F)c(Cl)nn2)c(=O)[nH]1. The van der Waals surface area contributed by atoms with E-state index in [9.17, 15) is 22.8 Å². The van der Waals surface area contributed by atoms with Crippen LogP contribution < -0.4 is 11.2 Å². The highest BCUT2D eigenvalue weighted by Crippen LogP contribution is 2.57. The van der Waals surface area contributed by atoms with Crippen LogP contribution in [0.2, 0.25) is 5.15 Å². The topological polar surface area (TPSA) is 91.5 Å². The Morgan fingerprint density at radius 3 is 2.41 bits per heavy atom. The van der Waals surface area contributed by atoms with Crippen LogP contribution in [0.3, 0.4) is 0 Å². The number of H-pyrrole nitrogens is 2. The van der Waals surface area contributed by atoms with Crippen molar-refractivity contribution in [2.45, 2.75) is 18.3 Å². The molecule has 1 saturated carbocycles. The summed E-state index contributed by atoms with van der Waals surface area (Å²) in [4.78, 5) is 27.4. The minimum absolute atomic E-state index is 0.0371. The van der Waals surface area contributed by atoms with E-state index in [4.69, 9.17) is 11.6 Å². The minimum atomic E-state index is -0.992. The molecule has 1 aliphatic rings. The molecule has 10 heteroatoms. The lowest BCUT2D eigenvalue weighted by atomic mass is 10.0. The lowest BCUT2D eigenvalue weighted by Crippen LogP contribution is -2.23. The molecule has 0 bridgehead atoms. The highest BCUT2D eigenvalue weighted by molar-refractivity contribution is 6.30. The predicted molar refractivity (Wildman–Crippen MR) is 90.1 cm³/mol. The fourth-order valence-electron chi connectivity index (χ4n) is 3.15. The van der Waals surface area contributed by atoms with E-state index in [1.807, 2.05) is 0 Å². The quantitative estimate of drug-likeness (QED) is 0.714. The van der Waals surface area contributed by atoms with E-state index in [1.54, 1.807) is 0 Å². The number of nitrogens with one attached hydrogen (secondary N) is 2. The number of nitrogens with zero attached hydrogens (tertiary/aromatic N) is 2. The summed E-state index contributed by atoms with van der Waals surface area (Å²) < 4.78 is 41.1. The maximum atomic E-state index is 14.0. The van der Waals surface area contributed by atoms with Crippen LogP contribution in [0, 0.1) is 17.5 Å². The van der Waals surface area contributed by atoms with Crippen LogP contribution in [-0.2, 0) is 0 Å². The van der Waals surface area contributed by atoms with Crippen molar-refractivity contribution in [3.05, 3.63) is 79.0 Å². The Balaban J connectivity index is 1.72. The third kappa shape index (κ3) is 3.14. The van der Waals surface area contributed by atoms with Crippen LogP contribution in [0.5, 0.6) is 0 Å². The molecule has 0 saturated heterocycles. The van der Waals surface area contributed by atoms with Crippen molar-refractivity contribution in [1.29, 1.82) is 0 Å². The number of benzene rings is 1. The van der Waals surface area contributed by atoms with Gasteiger partial charge in [0.05, 0.1) is 5.56 Å². The molecule has 2 unspecified atom stereocenters. The summed E-state index contributed by atoms with van der Waals surface area (Å²) in [6, 6.07) is 2.75. The zero-order valence-electron chi connectivity index (χ0n) is 13.4. The molecule has 2 aromatic heterocycles. The predicted octanol–water partition coefficient (Wildman–Crippen LogP) is 2.86. The van der Waals surface area contributed by atoms with Gasteiger partial charge in [-0.25, -0.2) is 18.0 Å². The monoisotopic (exact) mass is 394 g/mol. The van der Waals surface area contributed by atoms with Crippen molar-refractivity contribution in [1.82, 2.24) is 20.2 Å². The van der Waals surface area contributed by atoms with E-state index < -0.39 is 34.6 Å². The molecule has 1 aromatic carbocycles. The first kappa shape index (κ1) is 17.5. The van der Waals surface area contributed by atoms with E-state index >= 15 is 0 Å².